The first-order valence-corrected chi connectivity index (χ1v) is 4.24. The topological polar surface area (TPSA) is 55.3 Å². The molecule has 0 radical (unpaired) electrons. The van der Waals surface area contributed by atoms with Gasteiger partial charge in [0.25, 0.3) is 0 Å². The lowest BCUT2D eigenvalue weighted by Crippen LogP contribution is -2.45. The summed E-state index contributed by atoms with van der Waals surface area (Å²) in [4.78, 5) is 2.34. The molecule has 0 aliphatic carbocycles. The molecule has 0 saturated carbocycles. The molecule has 0 aromatic heterocycles. The fourth-order valence-corrected chi connectivity index (χ4v) is 1.58. The minimum absolute atomic E-state index is 0. The Morgan fingerprint density at radius 2 is 2.08 bits per heavy atom. The van der Waals surface area contributed by atoms with Crippen molar-refractivity contribution in [3.05, 3.63) is 0 Å². The van der Waals surface area contributed by atoms with Crippen molar-refractivity contribution in [2.45, 2.75) is 31.8 Å². The molecule has 0 aromatic carbocycles. The number of nitrogens with two attached hydrogens (primary N) is 2. The number of hydrogen-bond donors (Lipinski definition) is 2. The molecular formula is C8H20ClN3. The Labute approximate surface area is 80.9 Å². The van der Waals surface area contributed by atoms with Crippen molar-refractivity contribution in [2.24, 2.45) is 11.5 Å². The maximum atomic E-state index is 5.88. The van der Waals surface area contributed by atoms with Crippen LogP contribution in [0.5, 0.6) is 0 Å². The Bertz CT molecular complexity index is 133. The van der Waals surface area contributed by atoms with Gasteiger partial charge in [-0.25, -0.2) is 0 Å². The summed E-state index contributed by atoms with van der Waals surface area (Å²) in [5.41, 5.74) is 11.6. The summed E-state index contributed by atoms with van der Waals surface area (Å²) in [6.45, 7) is 7.19. The van der Waals surface area contributed by atoms with E-state index in [2.05, 4.69) is 18.7 Å². The molecule has 12 heavy (non-hydrogen) atoms. The van der Waals surface area contributed by atoms with Gasteiger partial charge in [-0.2, -0.15) is 0 Å². The average Bonchev–Trinajstić information content (AvgIpc) is 2.10. The molecule has 0 spiro atoms. The van der Waals surface area contributed by atoms with E-state index in [1.165, 1.54) is 0 Å². The number of nitrogens with zero attached hydrogens (tertiary/aromatic N) is 1. The highest BCUT2D eigenvalue weighted by molar-refractivity contribution is 5.85. The van der Waals surface area contributed by atoms with E-state index in [0.717, 1.165) is 26.1 Å². The first-order chi connectivity index (χ1) is 4.97. The second kappa shape index (κ2) is 4.42. The normalized spacial score (nSPS) is 25.5. The Morgan fingerprint density at radius 3 is 2.42 bits per heavy atom. The van der Waals surface area contributed by atoms with Crippen molar-refractivity contribution in [3.8, 4) is 0 Å². The van der Waals surface area contributed by atoms with Crippen LogP contribution in [-0.2, 0) is 0 Å². The van der Waals surface area contributed by atoms with Gasteiger partial charge in [-0.3, -0.25) is 4.90 Å². The van der Waals surface area contributed by atoms with E-state index in [1.54, 1.807) is 0 Å². The van der Waals surface area contributed by atoms with Crippen LogP contribution in [0.3, 0.4) is 0 Å². The molecule has 1 saturated heterocycles. The standard InChI is InChI=1S/C8H19N3.ClH/c1-8(2,10)6-11-4-3-7(9)5-11;/h7H,3-6,9-10H2,1-2H3;1H/t7-;/m0./s1. The molecule has 1 aliphatic heterocycles. The van der Waals surface area contributed by atoms with E-state index < -0.39 is 0 Å². The molecule has 1 rings (SSSR count). The summed E-state index contributed by atoms with van der Waals surface area (Å²) >= 11 is 0. The van der Waals surface area contributed by atoms with Gasteiger partial charge in [-0.15, -0.1) is 12.4 Å². The fourth-order valence-electron chi connectivity index (χ4n) is 1.58. The van der Waals surface area contributed by atoms with Crippen molar-refractivity contribution in [1.29, 1.82) is 0 Å². The maximum Gasteiger partial charge on any atom is 0.0226 e. The van der Waals surface area contributed by atoms with Gasteiger partial charge in [-0.05, 0) is 26.8 Å². The maximum absolute atomic E-state index is 5.88. The van der Waals surface area contributed by atoms with Gasteiger partial charge in [0.2, 0.25) is 0 Å². The molecular weight excluding hydrogens is 174 g/mol. The van der Waals surface area contributed by atoms with Crippen LogP contribution in [-0.4, -0.2) is 36.1 Å². The van der Waals surface area contributed by atoms with Crippen LogP contribution < -0.4 is 11.5 Å². The molecule has 3 nitrogen and oxygen atoms in total. The Kier molecular flexibility index (Phi) is 4.48. The smallest absolute Gasteiger partial charge is 0.0226 e. The van der Waals surface area contributed by atoms with Crippen LogP contribution in [0.2, 0.25) is 0 Å². The number of halogens is 1. The second-order valence-electron chi connectivity index (χ2n) is 4.27. The van der Waals surface area contributed by atoms with Gasteiger partial charge >= 0.3 is 0 Å². The molecule has 0 bridgehead atoms. The van der Waals surface area contributed by atoms with E-state index >= 15 is 0 Å². The lowest BCUT2D eigenvalue weighted by atomic mass is 10.1. The Balaban J connectivity index is 0.00000121. The quantitative estimate of drug-likeness (QED) is 0.658. The monoisotopic (exact) mass is 193 g/mol. The first kappa shape index (κ1) is 12.2. The van der Waals surface area contributed by atoms with Crippen molar-refractivity contribution >= 4 is 12.4 Å². The zero-order valence-corrected chi connectivity index (χ0v) is 8.73. The molecule has 1 aliphatic rings. The van der Waals surface area contributed by atoms with Crippen molar-refractivity contribution in [2.75, 3.05) is 19.6 Å². The van der Waals surface area contributed by atoms with Crippen LogP contribution >= 0.6 is 12.4 Å². The predicted octanol–water partition coefficient (Wildman–Crippen LogP) is 0.179. The number of hydrogen-bond acceptors (Lipinski definition) is 3. The lowest BCUT2D eigenvalue weighted by Gasteiger charge is -2.25. The molecule has 74 valence electrons. The third-order valence-corrected chi connectivity index (χ3v) is 1.94. The van der Waals surface area contributed by atoms with Crippen LogP contribution in [0.4, 0.5) is 0 Å². The highest BCUT2D eigenvalue weighted by atomic mass is 35.5. The van der Waals surface area contributed by atoms with Gasteiger partial charge in [-0.1, -0.05) is 0 Å². The van der Waals surface area contributed by atoms with Gasteiger partial charge in [0, 0.05) is 24.7 Å². The van der Waals surface area contributed by atoms with Crippen molar-refractivity contribution in [3.63, 3.8) is 0 Å². The second-order valence-corrected chi connectivity index (χ2v) is 4.27. The third-order valence-electron chi connectivity index (χ3n) is 1.94. The van der Waals surface area contributed by atoms with Crippen LogP contribution in [0.15, 0.2) is 0 Å². The minimum atomic E-state index is -0.0793. The summed E-state index contributed by atoms with van der Waals surface area (Å²) in [5, 5.41) is 0. The molecule has 0 aromatic rings. The highest BCUT2D eigenvalue weighted by Crippen LogP contribution is 2.10. The summed E-state index contributed by atoms with van der Waals surface area (Å²) < 4.78 is 0. The van der Waals surface area contributed by atoms with Crippen LogP contribution in [0.25, 0.3) is 0 Å². The zero-order valence-electron chi connectivity index (χ0n) is 7.92. The van der Waals surface area contributed by atoms with Gasteiger partial charge < -0.3 is 11.5 Å². The van der Waals surface area contributed by atoms with Gasteiger partial charge in [0.15, 0.2) is 0 Å². The summed E-state index contributed by atoms with van der Waals surface area (Å²) in [7, 11) is 0. The highest BCUT2D eigenvalue weighted by Gasteiger charge is 2.23. The zero-order chi connectivity index (χ0) is 8.48. The molecule has 0 amide bonds. The fraction of sp³-hybridized carbons (Fsp3) is 1.00. The van der Waals surface area contributed by atoms with Crippen LogP contribution in [0.1, 0.15) is 20.3 Å². The van der Waals surface area contributed by atoms with Gasteiger partial charge in [0.1, 0.15) is 0 Å². The molecule has 1 heterocycles. The Morgan fingerprint density at radius 1 is 1.50 bits per heavy atom. The average molecular weight is 194 g/mol. The predicted molar refractivity (Wildman–Crippen MR) is 54.5 cm³/mol. The van der Waals surface area contributed by atoms with Crippen LogP contribution in [0, 0.1) is 0 Å². The van der Waals surface area contributed by atoms with E-state index in [0.29, 0.717) is 6.04 Å². The van der Waals surface area contributed by atoms with E-state index in [4.69, 9.17) is 11.5 Å². The van der Waals surface area contributed by atoms with E-state index in [-0.39, 0.29) is 17.9 Å². The minimum Gasteiger partial charge on any atom is -0.326 e. The summed E-state index contributed by atoms with van der Waals surface area (Å²) in [6.07, 6.45) is 1.12. The largest absolute Gasteiger partial charge is 0.326 e. The Hall–Kier alpha value is 0.170. The first-order valence-electron chi connectivity index (χ1n) is 4.24. The summed E-state index contributed by atoms with van der Waals surface area (Å²) in [6, 6.07) is 0.373. The summed E-state index contributed by atoms with van der Waals surface area (Å²) in [5.74, 6) is 0. The molecule has 1 atom stereocenters. The SMILES string of the molecule is CC(C)(N)CN1CC[C@H](N)C1.Cl. The van der Waals surface area contributed by atoms with Gasteiger partial charge in [0.05, 0.1) is 0 Å². The third kappa shape index (κ3) is 4.26. The number of likely N-dealkylation sites (tertiary alicyclic amines) is 1. The molecule has 0 unspecified atom stereocenters. The van der Waals surface area contributed by atoms with E-state index in [9.17, 15) is 0 Å². The number of rotatable bonds is 2. The lowest BCUT2D eigenvalue weighted by molar-refractivity contribution is 0.269. The molecule has 1 fully saturated rings. The molecule has 4 N–H and O–H groups in total. The van der Waals surface area contributed by atoms with E-state index in [1.807, 2.05) is 0 Å². The van der Waals surface area contributed by atoms with Crippen molar-refractivity contribution in [1.82, 2.24) is 4.90 Å². The molecule has 4 heteroatoms. The van der Waals surface area contributed by atoms with Crippen molar-refractivity contribution < 1.29 is 0 Å².